The van der Waals surface area contributed by atoms with Crippen LogP contribution in [0, 0.1) is 0 Å². The summed E-state index contributed by atoms with van der Waals surface area (Å²) in [4.78, 5) is 10.4. The lowest BCUT2D eigenvalue weighted by atomic mass is 10.3. The summed E-state index contributed by atoms with van der Waals surface area (Å²) >= 11 is 0. The van der Waals surface area contributed by atoms with E-state index in [1.165, 1.54) is 6.26 Å². The van der Waals surface area contributed by atoms with Crippen molar-refractivity contribution in [3.05, 3.63) is 11.8 Å². The third-order valence-corrected chi connectivity index (χ3v) is 1.26. The van der Waals surface area contributed by atoms with Gasteiger partial charge in [0.05, 0.1) is 12.9 Å². The maximum absolute atomic E-state index is 10.4. The Kier molecular flexibility index (Phi) is 5.25. The Morgan fingerprint density at radius 2 is 2.27 bits per heavy atom. The minimum atomic E-state index is -0.429. The molecule has 0 aliphatic carbocycles. The summed E-state index contributed by atoms with van der Waals surface area (Å²) in [5.41, 5.74) is 5.42. The van der Waals surface area contributed by atoms with E-state index in [0.29, 0.717) is 12.2 Å². The molecule has 3 nitrogen and oxygen atoms in total. The zero-order valence-corrected chi connectivity index (χ0v) is 7.09. The van der Waals surface area contributed by atoms with Crippen molar-refractivity contribution in [1.82, 2.24) is 0 Å². The summed E-state index contributed by atoms with van der Waals surface area (Å²) in [6.07, 6.45) is 3.50. The zero-order valence-electron chi connectivity index (χ0n) is 7.09. The molecule has 0 heterocycles. The Balaban J connectivity index is 3.48. The van der Waals surface area contributed by atoms with Crippen LogP contribution in [0.15, 0.2) is 11.8 Å². The highest BCUT2D eigenvalue weighted by Gasteiger charge is 1.95. The van der Waals surface area contributed by atoms with Gasteiger partial charge in [-0.15, -0.1) is 0 Å². The van der Waals surface area contributed by atoms with Gasteiger partial charge < -0.3 is 10.5 Å². The van der Waals surface area contributed by atoms with Crippen LogP contribution in [-0.2, 0) is 9.53 Å². The van der Waals surface area contributed by atoms with Crippen LogP contribution in [0.2, 0.25) is 0 Å². The number of unbranched alkanes of at least 4 members (excludes halogenated alkanes) is 1. The van der Waals surface area contributed by atoms with Crippen LogP contribution < -0.4 is 5.73 Å². The Morgan fingerprint density at radius 3 is 2.73 bits per heavy atom. The fourth-order valence-electron chi connectivity index (χ4n) is 0.470. The lowest BCUT2D eigenvalue weighted by molar-refractivity contribution is -0.114. The van der Waals surface area contributed by atoms with Gasteiger partial charge in [0.25, 0.3) is 0 Å². The highest BCUT2D eigenvalue weighted by atomic mass is 16.5. The molecule has 0 atom stereocenters. The molecular weight excluding hydrogens is 142 g/mol. The van der Waals surface area contributed by atoms with Gasteiger partial charge >= 0.3 is 0 Å². The van der Waals surface area contributed by atoms with Gasteiger partial charge in [0.15, 0.2) is 0 Å². The summed E-state index contributed by atoms with van der Waals surface area (Å²) in [6.45, 7) is 4.36. The summed E-state index contributed by atoms with van der Waals surface area (Å²) < 4.78 is 5.03. The molecule has 0 radical (unpaired) electrons. The second-order valence-electron chi connectivity index (χ2n) is 2.39. The summed E-state index contributed by atoms with van der Waals surface area (Å²) in [7, 11) is 0. The number of amides is 1. The van der Waals surface area contributed by atoms with E-state index in [0.717, 1.165) is 12.8 Å². The molecule has 0 fully saturated rings. The molecule has 0 unspecified atom stereocenters. The lowest BCUT2D eigenvalue weighted by Gasteiger charge is -1.98. The fourth-order valence-corrected chi connectivity index (χ4v) is 0.470. The number of primary amides is 1. The molecule has 0 aliphatic rings. The van der Waals surface area contributed by atoms with E-state index in [1.807, 2.05) is 0 Å². The van der Waals surface area contributed by atoms with Gasteiger partial charge in [-0.25, -0.2) is 0 Å². The molecular formula is C8H15NO2. The smallest absolute Gasteiger partial charge is 0.247 e. The van der Waals surface area contributed by atoms with Crippen LogP contribution in [0.3, 0.4) is 0 Å². The van der Waals surface area contributed by atoms with Crippen molar-refractivity contribution in [2.45, 2.75) is 26.7 Å². The molecule has 0 bridgehead atoms. The number of rotatable bonds is 5. The molecule has 0 aromatic heterocycles. The average Bonchev–Trinajstić information content (AvgIpc) is 1.97. The Hall–Kier alpha value is -0.990. The van der Waals surface area contributed by atoms with Gasteiger partial charge in [-0.1, -0.05) is 13.3 Å². The number of ether oxygens (including phenoxy) is 1. The highest BCUT2D eigenvalue weighted by molar-refractivity contribution is 5.90. The molecule has 11 heavy (non-hydrogen) atoms. The predicted molar refractivity (Wildman–Crippen MR) is 43.8 cm³/mol. The predicted octanol–water partition coefficient (Wildman–Crippen LogP) is 1.19. The third kappa shape index (κ3) is 5.45. The fraction of sp³-hybridized carbons (Fsp3) is 0.625. The van der Waals surface area contributed by atoms with Gasteiger partial charge in [-0.05, 0) is 13.3 Å². The number of carbonyl (C=O) groups excluding carboxylic acids is 1. The molecule has 0 rings (SSSR count). The van der Waals surface area contributed by atoms with Crippen molar-refractivity contribution in [3.8, 4) is 0 Å². The first kappa shape index (κ1) is 10.0. The first-order valence-corrected chi connectivity index (χ1v) is 3.76. The normalized spacial score (nSPS) is 11.3. The van der Waals surface area contributed by atoms with Crippen molar-refractivity contribution in [2.75, 3.05) is 6.61 Å². The minimum absolute atomic E-state index is 0.429. The molecule has 0 aromatic carbocycles. The SMILES string of the molecule is CCCCOC=C(C)C(N)=O. The van der Waals surface area contributed by atoms with Crippen LogP contribution in [-0.4, -0.2) is 12.5 Å². The first-order valence-electron chi connectivity index (χ1n) is 3.76. The molecule has 0 saturated carbocycles. The van der Waals surface area contributed by atoms with E-state index in [9.17, 15) is 4.79 Å². The van der Waals surface area contributed by atoms with E-state index in [4.69, 9.17) is 10.5 Å². The minimum Gasteiger partial charge on any atom is -0.501 e. The van der Waals surface area contributed by atoms with E-state index < -0.39 is 5.91 Å². The molecule has 2 N–H and O–H groups in total. The van der Waals surface area contributed by atoms with Crippen molar-refractivity contribution in [2.24, 2.45) is 5.73 Å². The Labute approximate surface area is 67.2 Å². The maximum atomic E-state index is 10.4. The van der Waals surface area contributed by atoms with E-state index >= 15 is 0 Å². The molecule has 0 aromatic rings. The summed E-state index contributed by atoms with van der Waals surface area (Å²) in [5, 5.41) is 0. The van der Waals surface area contributed by atoms with E-state index in [1.54, 1.807) is 6.92 Å². The zero-order chi connectivity index (χ0) is 8.69. The number of nitrogens with two attached hydrogens (primary N) is 1. The molecule has 64 valence electrons. The molecule has 0 saturated heterocycles. The second kappa shape index (κ2) is 5.77. The van der Waals surface area contributed by atoms with Crippen LogP contribution in [0.4, 0.5) is 0 Å². The van der Waals surface area contributed by atoms with E-state index in [-0.39, 0.29) is 0 Å². The maximum Gasteiger partial charge on any atom is 0.247 e. The van der Waals surface area contributed by atoms with Crippen molar-refractivity contribution in [1.29, 1.82) is 0 Å². The van der Waals surface area contributed by atoms with Gasteiger partial charge in [-0.3, -0.25) is 4.79 Å². The lowest BCUT2D eigenvalue weighted by Crippen LogP contribution is -2.11. The standard InChI is InChI=1S/C8H15NO2/c1-3-4-5-11-6-7(2)8(9)10/h6H,3-5H2,1-2H3,(H2,9,10). The van der Waals surface area contributed by atoms with Gasteiger partial charge in [0.2, 0.25) is 5.91 Å². The van der Waals surface area contributed by atoms with Crippen LogP contribution >= 0.6 is 0 Å². The third-order valence-electron chi connectivity index (χ3n) is 1.26. The largest absolute Gasteiger partial charge is 0.501 e. The molecule has 0 aliphatic heterocycles. The summed E-state index contributed by atoms with van der Waals surface area (Å²) in [6, 6.07) is 0. The second-order valence-corrected chi connectivity index (χ2v) is 2.39. The van der Waals surface area contributed by atoms with Gasteiger partial charge in [-0.2, -0.15) is 0 Å². The molecule has 3 heteroatoms. The topological polar surface area (TPSA) is 52.3 Å². The number of carbonyl (C=O) groups is 1. The summed E-state index contributed by atoms with van der Waals surface area (Å²) in [5.74, 6) is -0.429. The monoisotopic (exact) mass is 157 g/mol. The van der Waals surface area contributed by atoms with Crippen LogP contribution in [0.5, 0.6) is 0 Å². The van der Waals surface area contributed by atoms with Crippen molar-refractivity contribution < 1.29 is 9.53 Å². The van der Waals surface area contributed by atoms with E-state index in [2.05, 4.69) is 6.92 Å². The first-order chi connectivity index (χ1) is 5.18. The molecule has 0 spiro atoms. The van der Waals surface area contributed by atoms with Crippen molar-refractivity contribution in [3.63, 3.8) is 0 Å². The number of hydrogen-bond acceptors (Lipinski definition) is 2. The highest BCUT2D eigenvalue weighted by Crippen LogP contribution is 1.93. The van der Waals surface area contributed by atoms with Gasteiger partial charge in [0.1, 0.15) is 0 Å². The molecule has 1 amide bonds. The Morgan fingerprint density at radius 1 is 1.64 bits per heavy atom. The number of hydrogen-bond donors (Lipinski definition) is 1. The quantitative estimate of drug-likeness (QED) is 0.370. The van der Waals surface area contributed by atoms with Crippen LogP contribution in [0.1, 0.15) is 26.7 Å². The Bertz CT molecular complexity index is 152. The van der Waals surface area contributed by atoms with Crippen LogP contribution in [0.25, 0.3) is 0 Å². The van der Waals surface area contributed by atoms with Crippen molar-refractivity contribution >= 4 is 5.91 Å². The van der Waals surface area contributed by atoms with Gasteiger partial charge in [0, 0.05) is 5.57 Å². The average molecular weight is 157 g/mol.